The first-order valence-corrected chi connectivity index (χ1v) is 6.79. The number of carbonyl (C=O) groups excluding carboxylic acids is 1. The van der Waals surface area contributed by atoms with E-state index in [0.717, 1.165) is 18.5 Å². The summed E-state index contributed by atoms with van der Waals surface area (Å²) in [6, 6.07) is 5.49. The van der Waals surface area contributed by atoms with Gasteiger partial charge in [0, 0.05) is 35.6 Å². The van der Waals surface area contributed by atoms with E-state index in [4.69, 9.17) is 28.9 Å². The first kappa shape index (κ1) is 13.7. The van der Waals surface area contributed by atoms with Crippen molar-refractivity contribution in [2.45, 2.75) is 25.3 Å². The number of rotatable bonds is 3. The first-order chi connectivity index (χ1) is 8.56. The third-order valence-corrected chi connectivity index (χ3v) is 3.79. The molecule has 98 valence electrons. The van der Waals surface area contributed by atoms with Gasteiger partial charge in [0.25, 0.3) is 0 Å². The predicted octanol–water partition coefficient (Wildman–Crippen LogP) is 2.49. The van der Waals surface area contributed by atoms with Crippen LogP contribution < -0.4 is 5.73 Å². The average molecular weight is 287 g/mol. The van der Waals surface area contributed by atoms with Crippen LogP contribution in [0.1, 0.15) is 18.4 Å². The molecule has 0 aromatic heterocycles. The quantitative estimate of drug-likeness (QED) is 0.928. The highest BCUT2D eigenvalue weighted by Crippen LogP contribution is 2.22. The van der Waals surface area contributed by atoms with Crippen LogP contribution in [0.15, 0.2) is 18.2 Å². The summed E-state index contributed by atoms with van der Waals surface area (Å²) >= 11 is 11.9. The molecule has 0 spiro atoms. The molecule has 1 fully saturated rings. The van der Waals surface area contributed by atoms with Gasteiger partial charge in [-0.05, 0) is 30.5 Å². The highest BCUT2D eigenvalue weighted by Gasteiger charge is 2.23. The zero-order chi connectivity index (χ0) is 13.1. The second-order valence-electron chi connectivity index (χ2n) is 4.62. The number of likely N-dealkylation sites (tertiary alicyclic amines) is 1. The topological polar surface area (TPSA) is 46.3 Å². The molecule has 3 nitrogen and oxygen atoms in total. The Hall–Kier alpha value is -0.770. The van der Waals surface area contributed by atoms with Gasteiger partial charge >= 0.3 is 0 Å². The Balaban J connectivity index is 1.89. The normalized spacial score (nSPS) is 19.3. The average Bonchev–Trinajstić information content (AvgIpc) is 2.74. The largest absolute Gasteiger partial charge is 0.341 e. The molecular weight excluding hydrogens is 271 g/mol. The lowest BCUT2D eigenvalue weighted by molar-refractivity contribution is -0.130. The summed E-state index contributed by atoms with van der Waals surface area (Å²) in [7, 11) is 0. The third-order valence-electron chi connectivity index (χ3n) is 3.20. The van der Waals surface area contributed by atoms with Crippen LogP contribution in [0, 0.1) is 0 Å². The summed E-state index contributed by atoms with van der Waals surface area (Å²) in [5, 5.41) is 1.23. The minimum atomic E-state index is 0.132. The first-order valence-electron chi connectivity index (χ1n) is 6.03. The Bertz CT molecular complexity index is 451. The maximum Gasteiger partial charge on any atom is 0.222 e. The fourth-order valence-electron chi connectivity index (χ4n) is 2.14. The molecule has 2 N–H and O–H groups in total. The maximum absolute atomic E-state index is 11.9. The van der Waals surface area contributed by atoms with Crippen molar-refractivity contribution >= 4 is 29.1 Å². The minimum absolute atomic E-state index is 0.132. The van der Waals surface area contributed by atoms with Gasteiger partial charge in [0.05, 0.1) is 0 Å². The van der Waals surface area contributed by atoms with Gasteiger partial charge < -0.3 is 10.6 Å². The Morgan fingerprint density at radius 2 is 2.22 bits per heavy atom. The third kappa shape index (κ3) is 3.37. The van der Waals surface area contributed by atoms with E-state index in [1.165, 1.54) is 0 Å². The van der Waals surface area contributed by atoms with Crippen LogP contribution in [-0.2, 0) is 11.2 Å². The van der Waals surface area contributed by atoms with Gasteiger partial charge in [-0.25, -0.2) is 0 Å². The molecule has 2 rings (SSSR count). The lowest BCUT2D eigenvalue weighted by Crippen LogP contribution is -2.31. The number of benzene rings is 1. The summed E-state index contributed by atoms with van der Waals surface area (Å²) in [5.41, 5.74) is 6.74. The molecular formula is C13H16Cl2N2O. The molecule has 1 heterocycles. The van der Waals surface area contributed by atoms with E-state index >= 15 is 0 Å². The number of nitrogens with two attached hydrogens (primary N) is 1. The van der Waals surface area contributed by atoms with Crippen LogP contribution >= 0.6 is 23.2 Å². The molecule has 1 aliphatic heterocycles. The van der Waals surface area contributed by atoms with Crippen LogP contribution in [0.2, 0.25) is 10.0 Å². The van der Waals surface area contributed by atoms with E-state index in [9.17, 15) is 4.79 Å². The molecule has 18 heavy (non-hydrogen) atoms. The lowest BCUT2D eigenvalue weighted by atomic mass is 10.1. The fraction of sp³-hybridized carbons (Fsp3) is 0.462. The zero-order valence-corrected chi connectivity index (χ0v) is 11.5. The molecule has 0 unspecified atom stereocenters. The van der Waals surface area contributed by atoms with E-state index < -0.39 is 0 Å². The highest BCUT2D eigenvalue weighted by molar-refractivity contribution is 6.35. The smallest absolute Gasteiger partial charge is 0.222 e. The summed E-state index contributed by atoms with van der Waals surface area (Å²) in [6.45, 7) is 1.45. The number of hydrogen-bond donors (Lipinski definition) is 1. The van der Waals surface area contributed by atoms with Crippen molar-refractivity contribution in [2.24, 2.45) is 5.73 Å². The van der Waals surface area contributed by atoms with Crippen molar-refractivity contribution in [1.82, 2.24) is 4.90 Å². The molecule has 0 bridgehead atoms. The van der Waals surface area contributed by atoms with E-state index in [-0.39, 0.29) is 11.9 Å². The molecule has 0 aliphatic carbocycles. The SMILES string of the molecule is N[C@@H]1CCN(C(=O)CCc2ccc(Cl)cc2Cl)C1. The second-order valence-corrected chi connectivity index (χ2v) is 5.47. The summed E-state index contributed by atoms with van der Waals surface area (Å²) in [5.74, 6) is 0.147. The van der Waals surface area contributed by atoms with Crippen LogP contribution in [0.25, 0.3) is 0 Å². The molecule has 1 aromatic rings. The van der Waals surface area contributed by atoms with E-state index in [2.05, 4.69) is 0 Å². The highest BCUT2D eigenvalue weighted by atomic mass is 35.5. The Kier molecular flexibility index (Phi) is 4.49. The molecule has 0 radical (unpaired) electrons. The molecule has 5 heteroatoms. The molecule has 1 saturated heterocycles. The van der Waals surface area contributed by atoms with Gasteiger partial charge in [-0.2, -0.15) is 0 Å². The van der Waals surface area contributed by atoms with Crippen LogP contribution in [-0.4, -0.2) is 29.9 Å². The summed E-state index contributed by atoms with van der Waals surface area (Å²) in [4.78, 5) is 13.8. The monoisotopic (exact) mass is 286 g/mol. The summed E-state index contributed by atoms with van der Waals surface area (Å²) < 4.78 is 0. The molecule has 1 aliphatic rings. The fourth-order valence-corrected chi connectivity index (χ4v) is 2.64. The predicted molar refractivity (Wildman–Crippen MR) is 74.0 cm³/mol. The standard InChI is InChI=1S/C13H16Cl2N2O/c14-10-3-1-9(12(15)7-10)2-4-13(18)17-6-5-11(16)8-17/h1,3,7,11H,2,4-6,8,16H2/t11-/m1/s1. The van der Waals surface area contributed by atoms with Gasteiger partial charge in [0.1, 0.15) is 0 Å². The molecule has 1 amide bonds. The molecule has 0 saturated carbocycles. The second kappa shape index (κ2) is 5.91. The van der Waals surface area contributed by atoms with Crippen molar-refractivity contribution < 1.29 is 4.79 Å². The number of aryl methyl sites for hydroxylation is 1. The Morgan fingerprint density at radius 1 is 1.44 bits per heavy atom. The van der Waals surface area contributed by atoms with Crippen molar-refractivity contribution in [3.8, 4) is 0 Å². The van der Waals surface area contributed by atoms with Gasteiger partial charge in [0.15, 0.2) is 0 Å². The van der Waals surface area contributed by atoms with E-state index in [1.54, 1.807) is 12.1 Å². The number of carbonyl (C=O) groups is 1. The van der Waals surface area contributed by atoms with Crippen LogP contribution in [0.4, 0.5) is 0 Å². The maximum atomic E-state index is 11.9. The summed E-state index contributed by atoms with van der Waals surface area (Å²) in [6.07, 6.45) is 2.00. The van der Waals surface area contributed by atoms with Gasteiger partial charge in [-0.15, -0.1) is 0 Å². The van der Waals surface area contributed by atoms with Crippen molar-refractivity contribution in [3.05, 3.63) is 33.8 Å². The molecule has 1 aromatic carbocycles. The zero-order valence-electron chi connectivity index (χ0n) is 10.0. The van der Waals surface area contributed by atoms with Crippen LogP contribution in [0.5, 0.6) is 0 Å². The van der Waals surface area contributed by atoms with E-state index in [1.807, 2.05) is 11.0 Å². The number of hydrogen-bond acceptors (Lipinski definition) is 2. The van der Waals surface area contributed by atoms with Gasteiger partial charge in [-0.1, -0.05) is 29.3 Å². The Labute approximate surface area is 117 Å². The minimum Gasteiger partial charge on any atom is -0.341 e. The van der Waals surface area contributed by atoms with Crippen molar-refractivity contribution in [3.63, 3.8) is 0 Å². The van der Waals surface area contributed by atoms with Gasteiger partial charge in [-0.3, -0.25) is 4.79 Å². The molecule has 1 atom stereocenters. The van der Waals surface area contributed by atoms with Crippen LogP contribution in [0.3, 0.4) is 0 Å². The van der Waals surface area contributed by atoms with E-state index in [0.29, 0.717) is 29.4 Å². The lowest BCUT2D eigenvalue weighted by Gasteiger charge is -2.15. The number of nitrogens with zero attached hydrogens (tertiary/aromatic N) is 1. The Morgan fingerprint density at radius 3 is 2.83 bits per heavy atom. The number of halogens is 2. The van der Waals surface area contributed by atoms with Gasteiger partial charge in [0.2, 0.25) is 5.91 Å². The number of amides is 1. The van der Waals surface area contributed by atoms with Crippen molar-refractivity contribution in [1.29, 1.82) is 0 Å². The van der Waals surface area contributed by atoms with Crippen molar-refractivity contribution in [2.75, 3.05) is 13.1 Å².